The summed E-state index contributed by atoms with van der Waals surface area (Å²) in [4.78, 5) is 30.7. The number of pyridine rings is 1. The number of ether oxygens (including phenoxy) is 1. The monoisotopic (exact) mass is 450 g/mol. The Hall–Kier alpha value is -3.10. The molecule has 0 bridgehead atoms. The van der Waals surface area contributed by atoms with Gasteiger partial charge in [-0.2, -0.15) is 13.2 Å². The number of rotatable bonds is 6. The van der Waals surface area contributed by atoms with Gasteiger partial charge in [-0.25, -0.2) is 4.79 Å². The first-order chi connectivity index (χ1) is 15.1. The molecule has 32 heavy (non-hydrogen) atoms. The molecule has 9 heteroatoms. The van der Waals surface area contributed by atoms with E-state index in [4.69, 9.17) is 4.74 Å². The Morgan fingerprint density at radius 2 is 1.94 bits per heavy atom. The Bertz CT molecular complexity index is 978. The summed E-state index contributed by atoms with van der Waals surface area (Å²) in [6.07, 6.45) is -2.50. The number of benzene rings is 1. The lowest BCUT2D eigenvalue weighted by Gasteiger charge is -2.47. The van der Waals surface area contributed by atoms with Crippen molar-refractivity contribution in [2.24, 2.45) is 0 Å². The number of piperidine rings is 1. The van der Waals surface area contributed by atoms with Crippen molar-refractivity contribution in [3.05, 3.63) is 59.4 Å². The van der Waals surface area contributed by atoms with E-state index in [0.717, 1.165) is 23.9 Å². The van der Waals surface area contributed by atoms with Gasteiger partial charge in [0.2, 0.25) is 5.60 Å². The minimum atomic E-state index is -4.77. The van der Waals surface area contributed by atoms with Gasteiger partial charge in [0.15, 0.2) is 0 Å². The number of carboxylic acids is 1. The second kappa shape index (κ2) is 9.18. The summed E-state index contributed by atoms with van der Waals surface area (Å²) < 4.78 is 46.5. The number of carbonyl (C=O) groups is 2. The molecule has 1 N–H and O–H groups in total. The summed E-state index contributed by atoms with van der Waals surface area (Å²) >= 11 is 0. The van der Waals surface area contributed by atoms with E-state index in [1.165, 1.54) is 4.90 Å². The number of alkyl halides is 3. The zero-order chi connectivity index (χ0) is 23.5. The third-order valence-electron chi connectivity index (χ3n) is 5.68. The maximum Gasteiger partial charge on any atom is 0.418 e. The van der Waals surface area contributed by atoms with E-state index < -0.39 is 41.0 Å². The third kappa shape index (κ3) is 4.56. The number of carbonyl (C=O) groups excluding carboxylic acids is 1. The van der Waals surface area contributed by atoms with Crippen LogP contribution in [0.4, 0.5) is 13.2 Å². The van der Waals surface area contributed by atoms with Crippen LogP contribution in [-0.4, -0.2) is 45.1 Å². The fraction of sp³-hybridized carbons (Fsp3) is 0.435. The number of nitrogens with zero attached hydrogens (tertiary/aromatic N) is 2. The van der Waals surface area contributed by atoms with Gasteiger partial charge in [0, 0.05) is 19.2 Å². The molecule has 0 aliphatic carbocycles. The van der Waals surface area contributed by atoms with Crippen LogP contribution in [0.1, 0.15) is 54.2 Å². The summed E-state index contributed by atoms with van der Waals surface area (Å²) in [5, 5.41) is 10.2. The minimum Gasteiger partial charge on any atom is -0.478 e. The molecule has 3 rings (SSSR count). The lowest BCUT2D eigenvalue weighted by Crippen LogP contribution is -2.65. The molecule has 1 aromatic carbocycles. The fourth-order valence-corrected chi connectivity index (χ4v) is 4.16. The number of amides is 1. The van der Waals surface area contributed by atoms with Crippen LogP contribution in [0.25, 0.3) is 0 Å². The molecular weight excluding hydrogens is 425 g/mol. The number of halogens is 3. The third-order valence-corrected chi connectivity index (χ3v) is 5.68. The van der Waals surface area contributed by atoms with Gasteiger partial charge in [0.1, 0.15) is 11.4 Å². The highest BCUT2D eigenvalue weighted by molar-refractivity contribution is 5.95. The highest BCUT2D eigenvalue weighted by Gasteiger charge is 2.54. The molecule has 172 valence electrons. The predicted octanol–water partition coefficient (Wildman–Crippen LogP) is 4.72. The fourth-order valence-electron chi connectivity index (χ4n) is 4.16. The molecular formula is C23H25F3N2O4. The highest BCUT2D eigenvalue weighted by atomic mass is 19.4. The molecule has 1 aromatic heterocycles. The number of carboxylic acid groups (broad SMARTS) is 1. The first-order valence-electron chi connectivity index (χ1n) is 10.4. The lowest BCUT2D eigenvalue weighted by atomic mass is 9.81. The zero-order valence-electron chi connectivity index (χ0n) is 17.9. The van der Waals surface area contributed by atoms with Gasteiger partial charge in [-0.1, -0.05) is 31.0 Å². The largest absolute Gasteiger partial charge is 0.478 e. The molecule has 1 fully saturated rings. The molecule has 2 heterocycles. The van der Waals surface area contributed by atoms with E-state index in [2.05, 4.69) is 4.98 Å². The predicted molar refractivity (Wildman–Crippen MR) is 110 cm³/mol. The molecule has 0 saturated carbocycles. The standard InChI is InChI=1S/C23H25F3N2O4/c1-3-6-18-22(21(30)31,32-16-10-8-15(2)9-11-16)12-5-14-28(18)20(29)19-17(23(24,25)26)7-4-13-27-19/h4,7-11,13,18H,3,5-6,12,14H2,1-2H3,(H,30,31)/t18-,22+/m1/s1. The quantitative estimate of drug-likeness (QED) is 0.689. The second-order valence-electron chi connectivity index (χ2n) is 7.91. The molecule has 0 spiro atoms. The average Bonchev–Trinajstić information content (AvgIpc) is 2.75. The van der Waals surface area contributed by atoms with Crippen LogP contribution in [0.15, 0.2) is 42.6 Å². The molecule has 6 nitrogen and oxygen atoms in total. The normalized spacial score (nSPS) is 21.3. The summed E-state index contributed by atoms with van der Waals surface area (Å²) in [5.41, 5.74) is -2.71. The van der Waals surface area contributed by atoms with Gasteiger partial charge in [0.25, 0.3) is 5.91 Å². The van der Waals surface area contributed by atoms with Crippen molar-refractivity contribution in [3.8, 4) is 5.75 Å². The van der Waals surface area contributed by atoms with Crippen molar-refractivity contribution in [1.29, 1.82) is 0 Å². The Labute approximate surface area is 184 Å². The number of aromatic nitrogens is 1. The first kappa shape index (κ1) is 23.6. The SMILES string of the molecule is CCC[C@H]1N(C(=O)c2ncccc2C(F)(F)F)CCC[C@@]1(Oc1ccc(C)cc1)C(=O)O. The Balaban J connectivity index is 2.04. The maximum absolute atomic E-state index is 13.5. The lowest BCUT2D eigenvalue weighted by molar-refractivity contribution is -0.166. The van der Waals surface area contributed by atoms with Gasteiger partial charge in [0.05, 0.1) is 11.6 Å². The van der Waals surface area contributed by atoms with Gasteiger partial charge < -0.3 is 14.7 Å². The van der Waals surface area contributed by atoms with Crippen molar-refractivity contribution in [2.75, 3.05) is 6.54 Å². The summed E-state index contributed by atoms with van der Waals surface area (Å²) in [6.45, 7) is 3.81. The van der Waals surface area contributed by atoms with Crippen molar-refractivity contribution in [2.45, 2.75) is 57.3 Å². The van der Waals surface area contributed by atoms with Crippen LogP contribution in [0.5, 0.6) is 5.75 Å². The summed E-state index contributed by atoms with van der Waals surface area (Å²) in [7, 11) is 0. The number of hydrogen-bond acceptors (Lipinski definition) is 4. The molecule has 2 aromatic rings. The molecule has 2 atom stereocenters. The molecule has 1 aliphatic rings. The minimum absolute atomic E-state index is 0.115. The van der Waals surface area contributed by atoms with Gasteiger partial charge in [-0.05, 0) is 44.0 Å². The number of aliphatic carboxylic acids is 1. The van der Waals surface area contributed by atoms with Gasteiger partial charge in [-0.15, -0.1) is 0 Å². The van der Waals surface area contributed by atoms with E-state index in [9.17, 15) is 27.9 Å². The van der Waals surface area contributed by atoms with Crippen LogP contribution in [0, 0.1) is 6.92 Å². The average molecular weight is 450 g/mol. The number of hydrogen-bond donors (Lipinski definition) is 1. The van der Waals surface area contributed by atoms with Gasteiger partial charge in [-0.3, -0.25) is 9.78 Å². The molecule has 1 amide bonds. The first-order valence-corrected chi connectivity index (χ1v) is 10.4. The topological polar surface area (TPSA) is 79.7 Å². The Morgan fingerprint density at radius 3 is 2.53 bits per heavy atom. The van der Waals surface area contributed by atoms with E-state index in [1.807, 2.05) is 13.8 Å². The van der Waals surface area contributed by atoms with Crippen molar-refractivity contribution in [1.82, 2.24) is 9.88 Å². The van der Waals surface area contributed by atoms with Crippen molar-refractivity contribution >= 4 is 11.9 Å². The van der Waals surface area contributed by atoms with Crippen molar-refractivity contribution in [3.63, 3.8) is 0 Å². The molecule has 0 radical (unpaired) electrons. The number of aryl methyl sites for hydroxylation is 1. The molecule has 0 unspecified atom stereocenters. The summed E-state index contributed by atoms with van der Waals surface area (Å²) in [6, 6.07) is 7.78. The summed E-state index contributed by atoms with van der Waals surface area (Å²) in [5.74, 6) is -1.89. The maximum atomic E-state index is 13.5. The molecule has 1 aliphatic heterocycles. The highest BCUT2D eigenvalue weighted by Crippen LogP contribution is 2.38. The zero-order valence-corrected chi connectivity index (χ0v) is 17.9. The van der Waals surface area contributed by atoms with Crippen LogP contribution < -0.4 is 4.74 Å². The van der Waals surface area contributed by atoms with Crippen molar-refractivity contribution < 1.29 is 32.6 Å². The van der Waals surface area contributed by atoms with Gasteiger partial charge >= 0.3 is 12.1 Å². The Kier molecular flexibility index (Phi) is 6.76. The van der Waals surface area contributed by atoms with E-state index in [-0.39, 0.29) is 25.8 Å². The molecule has 1 saturated heterocycles. The van der Waals surface area contributed by atoms with E-state index in [1.54, 1.807) is 24.3 Å². The van der Waals surface area contributed by atoms with Crippen LogP contribution in [0.2, 0.25) is 0 Å². The van der Waals surface area contributed by atoms with Crippen LogP contribution in [-0.2, 0) is 11.0 Å². The van der Waals surface area contributed by atoms with Crippen LogP contribution in [0.3, 0.4) is 0 Å². The second-order valence-corrected chi connectivity index (χ2v) is 7.91. The van der Waals surface area contributed by atoms with E-state index >= 15 is 0 Å². The number of likely N-dealkylation sites (tertiary alicyclic amines) is 1. The Morgan fingerprint density at radius 1 is 1.25 bits per heavy atom. The van der Waals surface area contributed by atoms with E-state index in [0.29, 0.717) is 12.2 Å². The van der Waals surface area contributed by atoms with Crippen LogP contribution >= 0.6 is 0 Å². The smallest absolute Gasteiger partial charge is 0.418 e.